The standard InChI is InChI=1S/C24H26FN3O4/c1-15-11-27(14-32-23-9-6-19(17(3)30)10-21(23)24(26)31)16(2)22(13-29)28(15)12-18-4-7-20(25)8-5-18/h4-10,15-16H,11-12,14H2,1-3H3,(H2,26,31)/t15-,16+/m0/s1. The van der Waals surface area contributed by atoms with E-state index in [1.54, 1.807) is 24.3 Å². The molecular formula is C24H26FN3O4. The van der Waals surface area contributed by atoms with Crippen LogP contribution in [0.2, 0.25) is 0 Å². The first-order valence-electron chi connectivity index (χ1n) is 10.3. The van der Waals surface area contributed by atoms with Crippen LogP contribution < -0.4 is 10.5 Å². The van der Waals surface area contributed by atoms with Crippen LogP contribution in [0.5, 0.6) is 5.75 Å². The smallest absolute Gasteiger partial charge is 0.252 e. The fourth-order valence-corrected chi connectivity index (χ4v) is 3.80. The van der Waals surface area contributed by atoms with Crippen LogP contribution >= 0.6 is 0 Å². The summed E-state index contributed by atoms with van der Waals surface area (Å²) in [7, 11) is 0. The number of carbonyl (C=O) groups is 2. The second kappa shape index (κ2) is 9.77. The predicted octanol–water partition coefficient (Wildman–Crippen LogP) is 2.77. The molecule has 0 aliphatic carbocycles. The molecule has 0 aromatic heterocycles. The molecule has 1 amide bonds. The summed E-state index contributed by atoms with van der Waals surface area (Å²) < 4.78 is 19.1. The number of carbonyl (C=O) groups excluding carboxylic acids is 3. The van der Waals surface area contributed by atoms with Crippen LogP contribution in [0.4, 0.5) is 4.39 Å². The van der Waals surface area contributed by atoms with Gasteiger partial charge in [-0.1, -0.05) is 12.1 Å². The van der Waals surface area contributed by atoms with Crippen LogP contribution in [0.1, 0.15) is 47.1 Å². The Hall–Kier alpha value is -3.48. The van der Waals surface area contributed by atoms with E-state index in [1.807, 2.05) is 23.6 Å². The molecule has 7 nitrogen and oxygen atoms in total. The lowest BCUT2D eigenvalue weighted by Gasteiger charge is -2.45. The Morgan fingerprint density at radius 3 is 2.47 bits per heavy atom. The molecule has 0 unspecified atom stereocenters. The molecule has 2 aromatic rings. The minimum absolute atomic E-state index is 0.0352. The highest BCUT2D eigenvalue weighted by molar-refractivity contribution is 6.00. The van der Waals surface area contributed by atoms with E-state index in [-0.39, 0.29) is 41.7 Å². The first-order valence-corrected chi connectivity index (χ1v) is 10.3. The predicted molar refractivity (Wildman–Crippen MR) is 117 cm³/mol. The third-order valence-corrected chi connectivity index (χ3v) is 5.69. The zero-order valence-corrected chi connectivity index (χ0v) is 18.3. The van der Waals surface area contributed by atoms with Crippen LogP contribution in [0.25, 0.3) is 0 Å². The molecule has 2 atom stereocenters. The molecule has 8 heteroatoms. The number of ketones is 1. The van der Waals surface area contributed by atoms with Crippen molar-refractivity contribution in [1.29, 1.82) is 0 Å². The third kappa shape index (κ3) is 5.04. The Kier molecular flexibility index (Phi) is 7.08. The van der Waals surface area contributed by atoms with Gasteiger partial charge in [0.1, 0.15) is 29.9 Å². The molecule has 0 spiro atoms. The van der Waals surface area contributed by atoms with E-state index in [0.717, 1.165) is 5.56 Å². The Morgan fingerprint density at radius 1 is 1.19 bits per heavy atom. The number of hydrogen-bond acceptors (Lipinski definition) is 6. The highest BCUT2D eigenvalue weighted by Crippen LogP contribution is 2.27. The summed E-state index contributed by atoms with van der Waals surface area (Å²) in [4.78, 5) is 39.2. The van der Waals surface area contributed by atoms with E-state index >= 15 is 0 Å². The van der Waals surface area contributed by atoms with Gasteiger partial charge in [-0.2, -0.15) is 0 Å². The summed E-state index contributed by atoms with van der Waals surface area (Å²) in [6.07, 6.45) is 0. The molecule has 1 aliphatic rings. The molecule has 1 heterocycles. The fourth-order valence-electron chi connectivity index (χ4n) is 3.80. The number of benzene rings is 2. The third-order valence-electron chi connectivity index (χ3n) is 5.69. The van der Waals surface area contributed by atoms with Crippen molar-refractivity contribution in [3.8, 4) is 5.75 Å². The molecule has 3 rings (SSSR count). The van der Waals surface area contributed by atoms with E-state index in [4.69, 9.17) is 10.5 Å². The van der Waals surface area contributed by atoms with Crippen LogP contribution in [0.3, 0.4) is 0 Å². The molecule has 0 saturated carbocycles. The van der Waals surface area contributed by atoms with Crippen molar-refractivity contribution in [3.63, 3.8) is 0 Å². The number of ether oxygens (including phenoxy) is 1. The number of nitrogens with two attached hydrogens (primary N) is 1. The molecular weight excluding hydrogens is 413 g/mol. The van der Waals surface area contributed by atoms with Crippen molar-refractivity contribution in [3.05, 3.63) is 70.7 Å². The largest absolute Gasteiger partial charge is 0.477 e. The lowest BCUT2D eigenvalue weighted by atomic mass is 10.0. The van der Waals surface area contributed by atoms with Crippen molar-refractivity contribution in [1.82, 2.24) is 9.80 Å². The SMILES string of the molecule is CC(=O)c1ccc(OCN2C[C@H](C)N(Cc3ccc(F)cc3)C(=C=O)[C@H]2C)c(C(N)=O)c1. The maximum Gasteiger partial charge on any atom is 0.252 e. The molecule has 1 aliphatic heterocycles. The first kappa shape index (κ1) is 23.2. The zero-order chi connectivity index (χ0) is 23.4. The molecule has 168 valence electrons. The van der Waals surface area contributed by atoms with Crippen LogP contribution in [0, 0.1) is 5.82 Å². The maximum atomic E-state index is 13.2. The number of nitrogens with zero attached hydrogens (tertiary/aromatic N) is 2. The number of halogens is 1. The Bertz CT molecular complexity index is 1060. The number of Topliss-reactive ketones (excluding diaryl/α,β-unsaturated/α-hetero) is 1. The second-order valence-electron chi connectivity index (χ2n) is 7.94. The van der Waals surface area contributed by atoms with E-state index in [2.05, 4.69) is 5.94 Å². The molecule has 0 bridgehead atoms. The molecule has 0 radical (unpaired) electrons. The number of hydrogen-bond donors (Lipinski definition) is 1. The van der Waals surface area contributed by atoms with Gasteiger partial charge in [0.25, 0.3) is 5.91 Å². The minimum atomic E-state index is -0.692. The molecule has 1 fully saturated rings. The summed E-state index contributed by atoms with van der Waals surface area (Å²) in [6.45, 7) is 6.43. The van der Waals surface area contributed by atoms with E-state index in [1.165, 1.54) is 25.1 Å². The second-order valence-corrected chi connectivity index (χ2v) is 7.94. The van der Waals surface area contributed by atoms with Gasteiger partial charge in [0.05, 0.1) is 11.6 Å². The van der Waals surface area contributed by atoms with Gasteiger partial charge < -0.3 is 15.4 Å². The molecule has 1 saturated heterocycles. The first-order chi connectivity index (χ1) is 15.2. The topological polar surface area (TPSA) is 92.9 Å². The number of piperazine rings is 1. The average molecular weight is 439 g/mol. The lowest BCUT2D eigenvalue weighted by Crippen LogP contribution is -2.55. The lowest BCUT2D eigenvalue weighted by molar-refractivity contribution is 0.0282. The Balaban J connectivity index is 1.74. The highest BCUT2D eigenvalue weighted by Gasteiger charge is 2.34. The summed E-state index contributed by atoms with van der Waals surface area (Å²) in [6, 6.07) is 10.4. The van der Waals surface area contributed by atoms with Gasteiger partial charge in [-0.3, -0.25) is 14.5 Å². The van der Waals surface area contributed by atoms with Crippen molar-refractivity contribution in [2.75, 3.05) is 13.3 Å². The summed E-state index contributed by atoms with van der Waals surface area (Å²) in [5, 5.41) is 0. The Labute approximate surface area is 186 Å². The van der Waals surface area contributed by atoms with Crippen LogP contribution in [0.15, 0.2) is 48.2 Å². The number of amides is 1. The molecule has 2 N–H and O–H groups in total. The Morgan fingerprint density at radius 2 is 1.88 bits per heavy atom. The quantitative estimate of drug-likeness (QED) is 0.527. The zero-order valence-electron chi connectivity index (χ0n) is 18.3. The summed E-state index contributed by atoms with van der Waals surface area (Å²) >= 11 is 0. The van der Waals surface area contributed by atoms with E-state index in [9.17, 15) is 18.8 Å². The minimum Gasteiger partial charge on any atom is -0.477 e. The number of primary amides is 1. The van der Waals surface area contributed by atoms with Crippen LogP contribution in [-0.4, -0.2) is 52.8 Å². The average Bonchev–Trinajstić information content (AvgIpc) is 2.76. The van der Waals surface area contributed by atoms with Crippen molar-refractivity contribution in [2.45, 2.75) is 39.4 Å². The van der Waals surface area contributed by atoms with E-state index in [0.29, 0.717) is 24.4 Å². The van der Waals surface area contributed by atoms with Gasteiger partial charge in [-0.05, 0) is 56.7 Å². The van der Waals surface area contributed by atoms with Crippen molar-refractivity contribution in [2.24, 2.45) is 5.73 Å². The molecule has 2 aromatic carbocycles. The normalized spacial score (nSPS) is 18.9. The van der Waals surface area contributed by atoms with Crippen molar-refractivity contribution < 1.29 is 23.5 Å². The maximum absolute atomic E-state index is 13.2. The van der Waals surface area contributed by atoms with E-state index < -0.39 is 5.91 Å². The number of rotatable bonds is 7. The summed E-state index contributed by atoms with van der Waals surface area (Å²) in [5.41, 5.74) is 7.31. The van der Waals surface area contributed by atoms with Gasteiger partial charge in [0, 0.05) is 24.7 Å². The monoisotopic (exact) mass is 439 g/mol. The highest BCUT2D eigenvalue weighted by atomic mass is 19.1. The van der Waals surface area contributed by atoms with Crippen LogP contribution in [-0.2, 0) is 11.3 Å². The van der Waals surface area contributed by atoms with Gasteiger partial charge in [-0.15, -0.1) is 0 Å². The van der Waals surface area contributed by atoms with Gasteiger partial charge in [0.2, 0.25) is 0 Å². The summed E-state index contributed by atoms with van der Waals surface area (Å²) in [5.74, 6) is 1.14. The van der Waals surface area contributed by atoms with Gasteiger partial charge in [0.15, 0.2) is 5.78 Å². The van der Waals surface area contributed by atoms with Gasteiger partial charge in [-0.25, -0.2) is 9.18 Å². The fraction of sp³-hybridized carbons (Fsp3) is 0.333. The van der Waals surface area contributed by atoms with Gasteiger partial charge >= 0.3 is 0 Å². The molecule has 32 heavy (non-hydrogen) atoms. The van der Waals surface area contributed by atoms with Crippen molar-refractivity contribution >= 4 is 17.6 Å².